The number of nitrogens with one attached hydrogen (secondary N) is 2. The van der Waals surface area contributed by atoms with Gasteiger partial charge in [-0.2, -0.15) is 0 Å². The average Bonchev–Trinajstić information content (AvgIpc) is 2.94. The third-order valence-electron chi connectivity index (χ3n) is 5.57. The van der Waals surface area contributed by atoms with Crippen molar-refractivity contribution < 1.29 is 23.1 Å². The lowest BCUT2D eigenvalue weighted by molar-refractivity contribution is -0.126. The first-order valence-electron chi connectivity index (χ1n) is 11.4. The fourth-order valence-electron chi connectivity index (χ4n) is 3.94. The number of aliphatic hydroxyl groups excluding tert-OH is 1. The molecule has 35 heavy (non-hydrogen) atoms. The smallest absolute Gasteiger partial charge is 0.245 e. The molecule has 3 rings (SSSR count). The Balaban J connectivity index is 1.72. The third-order valence-corrected chi connectivity index (χ3v) is 6.93. The van der Waals surface area contributed by atoms with Gasteiger partial charge in [-0.1, -0.05) is 48.5 Å². The summed E-state index contributed by atoms with van der Waals surface area (Å²) < 4.78 is 28.1. The van der Waals surface area contributed by atoms with Crippen LogP contribution in [0, 0.1) is 0 Å². The molecule has 2 aromatic carbocycles. The summed E-state index contributed by atoms with van der Waals surface area (Å²) in [4.78, 5) is 31.2. The highest BCUT2D eigenvalue weighted by Crippen LogP contribution is 2.27. The topological polar surface area (TPSA) is 154 Å². The summed E-state index contributed by atoms with van der Waals surface area (Å²) >= 11 is 0. The summed E-state index contributed by atoms with van der Waals surface area (Å²) in [7, 11) is -3.82. The molecule has 0 fully saturated rings. The van der Waals surface area contributed by atoms with Crippen LogP contribution in [-0.2, 0) is 31.8 Å². The minimum atomic E-state index is -3.82. The van der Waals surface area contributed by atoms with E-state index in [4.69, 9.17) is 5.73 Å². The number of benzene rings is 2. The van der Waals surface area contributed by atoms with Gasteiger partial charge in [0, 0.05) is 12.2 Å². The molecule has 0 spiro atoms. The van der Waals surface area contributed by atoms with Crippen LogP contribution in [0.5, 0.6) is 0 Å². The maximum Gasteiger partial charge on any atom is 0.245 e. The van der Waals surface area contributed by atoms with E-state index in [1.807, 2.05) is 12.1 Å². The highest BCUT2D eigenvalue weighted by Gasteiger charge is 2.34. The zero-order valence-electron chi connectivity index (χ0n) is 19.3. The van der Waals surface area contributed by atoms with E-state index in [1.54, 1.807) is 42.5 Å². The second-order valence-corrected chi connectivity index (χ2v) is 10.0. The van der Waals surface area contributed by atoms with Crippen LogP contribution in [0.2, 0.25) is 0 Å². The van der Waals surface area contributed by atoms with Gasteiger partial charge in [-0.05, 0) is 42.9 Å². The predicted molar refractivity (Wildman–Crippen MR) is 134 cm³/mol. The van der Waals surface area contributed by atoms with E-state index in [0.717, 1.165) is 5.56 Å². The molecule has 1 unspecified atom stereocenters. The van der Waals surface area contributed by atoms with E-state index in [0.29, 0.717) is 30.6 Å². The minimum absolute atomic E-state index is 0.256. The van der Waals surface area contributed by atoms with Crippen LogP contribution in [0.25, 0.3) is 0 Å². The molecule has 1 aliphatic rings. The Labute approximate surface area is 205 Å². The Morgan fingerprint density at radius 1 is 1.20 bits per heavy atom. The van der Waals surface area contributed by atoms with Gasteiger partial charge in [0.05, 0.1) is 12.1 Å². The van der Waals surface area contributed by atoms with Crippen molar-refractivity contribution in [1.82, 2.24) is 10.0 Å². The van der Waals surface area contributed by atoms with E-state index in [-0.39, 0.29) is 25.1 Å². The molecule has 11 heteroatoms. The monoisotopic (exact) mass is 501 g/mol. The molecule has 10 nitrogen and oxygen atoms in total. The van der Waals surface area contributed by atoms with E-state index in [9.17, 15) is 23.1 Å². The number of nitrogens with zero attached hydrogens (tertiary/aromatic N) is 2. The molecule has 5 N–H and O–H groups in total. The van der Waals surface area contributed by atoms with Gasteiger partial charge in [0.25, 0.3) is 0 Å². The maximum absolute atomic E-state index is 13.4. The number of anilines is 1. The summed E-state index contributed by atoms with van der Waals surface area (Å²) in [5, 5.41) is 12.6. The van der Waals surface area contributed by atoms with Crippen LogP contribution in [0.4, 0.5) is 5.69 Å². The molecule has 0 radical (unpaired) electrons. The van der Waals surface area contributed by atoms with E-state index in [2.05, 4.69) is 15.0 Å². The zero-order valence-corrected chi connectivity index (χ0v) is 20.2. The van der Waals surface area contributed by atoms with Crippen molar-refractivity contribution in [3.8, 4) is 0 Å². The molecule has 188 valence electrons. The van der Waals surface area contributed by atoms with Crippen molar-refractivity contribution in [2.45, 2.75) is 43.7 Å². The molecule has 0 aliphatic carbocycles. The number of aliphatic imine (C=N–C) groups is 1. The van der Waals surface area contributed by atoms with E-state index < -0.39 is 34.1 Å². The normalized spacial score (nSPS) is 17.1. The van der Waals surface area contributed by atoms with Crippen LogP contribution < -0.4 is 20.7 Å². The first-order valence-corrected chi connectivity index (χ1v) is 13.0. The number of rotatable bonds is 11. The molecular weight excluding hydrogens is 470 g/mol. The van der Waals surface area contributed by atoms with Crippen molar-refractivity contribution in [1.29, 1.82) is 0 Å². The Kier molecular flexibility index (Phi) is 9.35. The lowest BCUT2D eigenvalue weighted by atomic mass is 10.1. The summed E-state index contributed by atoms with van der Waals surface area (Å²) in [5.74, 6) is -1.34. The number of nitrogens with two attached hydrogens (primary N) is 1. The second-order valence-electron chi connectivity index (χ2n) is 8.29. The van der Waals surface area contributed by atoms with Gasteiger partial charge in [-0.15, -0.1) is 0 Å². The summed E-state index contributed by atoms with van der Waals surface area (Å²) in [5.41, 5.74) is 7.16. The number of fused-ring (bicyclic) bond motifs is 1. The number of hydrogen-bond donors (Lipinski definition) is 4. The lowest BCUT2D eigenvalue weighted by Gasteiger charge is -2.26. The molecule has 0 saturated carbocycles. The fourth-order valence-corrected chi connectivity index (χ4v) is 5.30. The number of aliphatic hydroxyl groups is 1. The van der Waals surface area contributed by atoms with Crippen molar-refractivity contribution in [3.63, 3.8) is 0 Å². The van der Waals surface area contributed by atoms with Crippen molar-refractivity contribution in [3.05, 3.63) is 65.7 Å². The van der Waals surface area contributed by atoms with Gasteiger partial charge in [0.1, 0.15) is 18.8 Å². The number of sulfonamides is 1. The number of para-hydroxylation sites is 1. The molecule has 0 bridgehead atoms. The van der Waals surface area contributed by atoms with Crippen LogP contribution in [0.3, 0.4) is 0 Å². The van der Waals surface area contributed by atoms with E-state index >= 15 is 0 Å². The van der Waals surface area contributed by atoms with Gasteiger partial charge >= 0.3 is 0 Å². The van der Waals surface area contributed by atoms with Gasteiger partial charge in [0.15, 0.2) is 0 Å². The van der Waals surface area contributed by atoms with Crippen LogP contribution in [0.15, 0.2) is 59.6 Å². The molecule has 2 aromatic rings. The number of carbonyl (C=O) groups is 2. The molecule has 1 aliphatic heterocycles. The maximum atomic E-state index is 13.4. The molecular formula is C24H31N5O5S. The Bertz CT molecular complexity index is 1140. The molecule has 1 heterocycles. The molecule has 0 saturated heterocycles. The minimum Gasteiger partial charge on any atom is -0.390 e. The molecule has 2 atom stereocenters. The fraction of sp³-hybridized carbons (Fsp3) is 0.375. The average molecular weight is 502 g/mol. The molecule has 0 aromatic heterocycles. The number of hydrogen-bond acceptors (Lipinski definition) is 6. The summed E-state index contributed by atoms with van der Waals surface area (Å²) in [6, 6.07) is 14.8. The number of aryl methyl sites for hydroxylation is 1. The lowest BCUT2D eigenvalue weighted by Crippen LogP contribution is -2.51. The Morgan fingerprint density at radius 3 is 2.66 bits per heavy atom. The predicted octanol–water partition coefficient (Wildman–Crippen LogP) is 0.656. The zero-order chi connectivity index (χ0) is 25.3. The number of carbonyl (C=O) groups excluding carboxylic acids is 2. The summed E-state index contributed by atoms with van der Waals surface area (Å²) in [6.45, 7) is 0.0665. The SMILES string of the molecule is NC=NCCC[C@@H](O)NC(=O)CN1C(=O)C(NS(=O)(=O)Cc2ccccc2)CCc2ccccc21. The largest absolute Gasteiger partial charge is 0.390 e. The first-order chi connectivity index (χ1) is 16.8. The standard InChI is InChI=1S/C24H31N5O5S/c25-17-26-14-6-11-22(30)27-23(31)15-29-21-10-5-4-9-19(21)12-13-20(24(29)32)28-35(33,34)16-18-7-2-1-3-8-18/h1-5,7-10,17,20,22,28,30H,6,11-16H2,(H2,25,26)(H,27,31)/t20?,22-/m1/s1. The van der Waals surface area contributed by atoms with Gasteiger partial charge in [-0.25, -0.2) is 13.1 Å². The van der Waals surface area contributed by atoms with E-state index in [1.165, 1.54) is 11.2 Å². The number of amides is 2. The third kappa shape index (κ3) is 7.88. The quantitative estimate of drug-likeness (QED) is 0.153. The highest BCUT2D eigenvalue weighted by atomic mass is 32.2. The van der Waals surface area contributed by atoms with Gasteiger partial charge in [-0.3, -0.25) is 14.6 Å². The van der Waals surface area contributed by atoms with Crippen molar-refractivity contribution in [2.24, 2.45) is 10.7 Å². The Morgan fingerprint density at radius 2 is 1.91 bits per heavy atom. The second kappa shape index (κ2) is 12.4. The first kappa shape index (κ1) is 26.3. The van der Waals surface area contributed by atoms with Crippen molar-refractivity contribution in [2.75, 3.05) is 18.0 Å². The Hall–Kier alpha value is -3.28. The van der Waals surface area contributed by atoms with Crippen molar-refractivity contribution >= 4 is 33.9 Å². The molecule has 2 amide bonds. The van der Waals surface area contributed by atoms with Gasteiger partial charge in [0.2, 0.25) is 21.8 Å². The summed E-state index contributed by atoms with van der Waals surface area (Å²) in [6.07, 6.45) is 1.59. The van der Waals surface area contributed by atoms with Crippen LogP contribution in [-0.4, -0.2) is 57.0 Å². The van der Waals surface area contributed by atoms with Crippen LogP contribution >= 0.6 is 0 Å². The highest BCUT2D eigenvalue weighted by molar-refractivity contribution is 7.88. The van der Waals surface area contributed by atoms with Gasteiger partial charge < -0.3 is 21.1 Å². The van der Waals surface area contributed by atoms with Crippen LogP contribution in [0.1, 0.15) is 30.4 Å².